The summed E-state index contributed by atoms with van der Waals surface area (Å²) in [5.74, 6) is 0.0564. The zero-order chi connectivity index (χ0) is 11.8. The van der Waals surface area contributed by atoms with Crippen LogP contribution in [0, 0.1) is 0 Å². The Balaban J connectivity index is 2.03. The molecule has 0 bridgehead atoms. The van der Waals surface area contributed by atoms with Crippen molar-refractivity contribution < 1.29 is 4.79 Å². The first kappa shape index (κ1) is 10.4. The predicted molar refractivity (Wildman–Crippen MR) is 66.7 cm³/mol. The monoisotopic (exact) mass is 229 g/mol. The van der Waals surface area contributed by atoms with Crippen molar-refractivity contribution in [3.05, 3.63) is 35.5 Å². The van der Waals surface area contributed by atoms with Crippen LogP contribution >= 0.6 is 0 Å². The molecule has 1 atom stereocenters. The summed E-state index contributed by atoms with van der Waals surface area (Å²) in [5, 5.41) is 7.17. The fraction of sp³-hybridized carbons (Fsp3) is 0.308. The van der Waals surface area contributed by atoms with Crippen molar-refractivity contribution in [1.82, 2.24) is 15.6 Å². The third-order valence-corrected chi connectivity index (χ3v) is 3.40. The summed E-state index contributed by atoms with van der Waals surface area (Å²) in [7, 11) is 1.68. The molecule has 1 aliphatic rings. The van der Waals surface area contributed by atoms with Gasteiger partial charge in [-0.15, -0.1) is 0 Å². The largest absolute Gasteiger partial charge is 0.358 e. The van der Waals surface area contributed by atoms with E-state index in [0.29, 0.717) is 0 Å². The van der Waals surface area contributed by atoms with Gasteiger partial charge in [0.2, 0.25) is 5.91 Å². The summed E-state index contributed by atoms with van der Waals surface area (Å²) >= 11 is 0. The van der Waals surface area contributed by atoms with E-state index in [9.17, 15) is 4.79 Å². The van der Waals surface area contributed by atoms with Gasteiger partial charge >= 0.3 is 0 Å². The number of carbonyl (C=O) groups excluding carboxylic acids is 1. The van der Waals surface area contributed by atoms with Gasteiger partial charge in [0.05, 0.1) is 6.04 Å². The van der Waals surface area contributed by atoms with Gasteiger partial charge in [-0.05, 0) is 18.1 Å². The molecule has 0 fully saturated rings. The van der Waals surface area contributed by atoms with Gasteiger partial charge in [0.15, 0.2) is 0 Å². The van der Waals surface area contributed by atoms with Gasteiger partial charge in [-0.1, -0.05) is 18.2 Å². The molecule has 4 nitrogen and oxygen atoms in total. The number of benzene rings is 1. The Morgan fingerprint density at radius 3 is 3.06 bits per heavy atom. The number of aromatic amines is 1. The first-order valence-electron chi connectivity index (χ1n) is 5.83. The molecule has 0 unspecified atom stereocenters. The van der Waals surface area contributed by atoms with Gasteiger partial charge in [0, 0.05) is 30.2 Å². The van der Waals surface area contributed by atoms with Crippen LogP contribution < -0.4 is 10.6 Å². The number of hydrogen-bond acceptors (Lipinski definition) is 2. The number of likely N-dealkylation sites (N-methyl/N-ethyl adjacent to an activating group) is 1. The summed E-state index contributed by atoms with van der Waals surface area (Å²) in [6.45, 7) is 0.724. The molecule has 0 spiro atoms. The van der Waals surface area contributed by atoms with Gasteiger partial charge in [-0.3, -0.25) is 10.1 Å². The summed E-state index contributed by atoms with van der Waals surface area (Å²) in [6.07, 6.45) is 0.749. The molecule has 3 N–H and O–H groups in total. The summed E-state index contributed by atoms with van der Waals surface area (Å²) in [4.78, 5) is 15.1. The van der Waals surface area contributed by atoms with Crippen molar-refractivity contribution in [3.8, 4) is 0 Å². The Morgan fingerprint density at radius 1 is 1.41 bits per heavy atom. The lowest BCUT2D eigenvalue weighted by Gasteiger charge is -2.22. The van der Waals surface area contributed by atoms with Crippen LogP contribution in [0.2, 0.25) is 0 Å². The third-order valence-electron chi connectivity index (χ3n) is 3.40. The average Bonchev–Trinajstić information content (AvgIpc) is 2.75. The maximum absolute atomic E-state index is 11.7. The van der Waals surface area contributed by atoms with Gasteiger partial charge in [0.1, 0.15) is 0 Å². The first-order chi connectivity index (χ1) is 8.29. The van der Waals surface area contributed by atoms with E-state index in [1.54, 1.807) is 7.05 Å². The SMILES string of the molecule is CNC(=O)[C@H]1Cc2c([nH]c3ccccc23)CN1. The van der Waals surface area contributed by atoms with E-state index in [1.165, 1.54) is 16.6 Å². The van der Waals surface area contributed by atoms with Crippen LogP contribution in [0.25, 0.3) is 10.9 Å². The minimum absolute atomic E-state index is 0.0564. The Morgan fingerprint density at radius 2 is 2.24 bits per heavy atom. The molecule has 1 aromatic heterocycles. The third kappa shape index (κ3) is 1.61. The van der Waals surface area contributed by atoms with Crippen LogP contribution in [0.4, 0.5) is 0 Å². The molecule has 0 aliphatic carbocycles. The second-order valence-electron chi connectivity index (χ2n) is 4.38. The van der Waals surface area contributed by atoms with Crippen molar-refractivity contribution in [2.24, 2.45) is 0 Å². The number of rotatable bonds is 1. The molecule has 4 heteroatoms. The number of carbonyl (C=O) groups is 1. The molecular weight excluding hydrogens is 214 g/mol. The molecule has 2 heterocycles. The number of amides is 1. The maximum Gasteiger partial charge on any atom is 0.237 e. The highest BCUT2D eigenvalue weighted by Gasteiger charge is 2.25. The van der Waals surface area contributed by atoms with Gasteiger partial charge in [-0.25, -0.2) is 0 Å². The van der Waals surface area contributed by atoms with Crippen LogP contribution in [0.5, 0.6) is 0 Å². The number of para-hydroxylation sites is 1. The number of fused-ring (bicyclic) bond motifs is 3. The zero-order valence-corrected chi connectivity index (χ0v) is 9.71. The van der Waals surface area contributed by atoms with Crippen molar-refractivity contribution in [2.75, 3.05) is 7.05 Å². The molecule has 17 heavy (non-hydrogen) atoms. The Kier molecular flexibility index (Phi) is 2.37. The van der Waals surface area contributed by atoms with E-state index in [1.807, 2.05) is 12.1 Å². The van der Waals surface area contributed by atoms with Gasteiger partial charge in [-0.2, -0.15) is 0 Å². The van der Waals surface area contributed by atoms with Crippen LogP contribution in [-0.4, -0.2) is 24.0 Å². The molecule has 2 aromatic rings. The molecule has 3 rings (SSSR count). The van der Waals surface area contributed by atoms with Crippen molar-refractivity contribution >= 4 is 16.8 Å². The van der Waals surface area contributed by atoms with Crippen LogP contribution in [0.1, 0.15) is 11.3 Å². The van der Waals surface area contributed by atoms with Crippen LogP contribution in [0.3, 0.4) is 0 Å². The molecule has 1 aromatic carbocycles. The Hall–Kier alpha value is -1.81. The lowest BCUT2D eigenvalue weighted by molar-refractivity contribution is -0.122. The average molecular weight is 229 g/mol. The topological polar surface area (TPSA) is 56.9 Å². The number of nitrogens with one attached hydrogen (secondary N) is 3. The highest BCUT2D eigenvalue weighted by Crippen LogP contribution is 2.26. The lowest BCUT2D eigenvalue weighted by Crippen LogP contribution is -2.46. The maximum atomic E-state index is 11.7. The molecular formula is C13H15N3O. The minimum Gasteiger partial charge on any atom is -0.358 e. The summed E-state index contributed by atoms with van der Waals surface area (Å²) in [6, 6.07) is 8.12. The second kappa shape index (κ2) is 3.89. The van der Waals surface area contributed by atoms with Gasteiger partial charge < -0.3 is 10.3 Å². The predicted octanol–water partition coefficient (Wildman–Crippen LogP) is 0.928. The molecule has 1 aliphatic heterocycles. The van der Waals surface area contributed by atoms with E-state index >= 15 is 0 Å². The molecule has 0 saturated carbocycles. The van der Waals surface area contributed by atoms with Crippen molar-refractivity contribution in [1.29, 1.82) is 0 Å². The fourth-order valence-corrected chi connectivity index (χ4v) is 2.50. The fourth-order valence-electron chi connectivity index (χ4n) is 2.50. The molecule has 0 radical (unpaired) electrons. The smallest absolute Gasteiger partial charge is 0.237 e. The molecule has 0 saturated heterocycles. The quantitative estimate of drug-likeness (QED) is 0.681. The zero-order valence-electron chi connectivity index (χ0n) is 9.71. The number of H-pyrrole nitrogens is 1. The minimum atomic E-state index is -0.119. The van der Waals surface area contributed by atoms with Crippen LogP contribution in [0.15, 0.2) is 24.3 Å². The number of hydrogen-bond donors (Lipinski definition) is 3. The molecule has 1 amide bonds. The highest BCUT2D eigenvalue weighted by atomic mass is 16.2. The Labute approximate surface area is 99.4 Å². The highest BCUT2D eigenvalue weighted by molar-refractivity contribution is 5.87. The molecule has 88 valence electrons. The van der Waals surface area contributed by atoms with E-state index in [4.69, 9.17) is 0 Å². The number of aromatic nitrogens is 1. The van der Waals surface area contributed by atoms with Crippen molar-refractivity contribution in [2.45, 2.75) is 19.0 Å². The first-order valence-corrected chi connectivity index (χ1v) is 5.83. The second-order valence-corrected chi connectivity index (χ2v) is 4.38. The standard InChI is InChI=1S/C13H15N3O/c1-14-13(17)11-6-9-8-4-2-3-5-10(8)16-12(9)7-15-11/h2-5,11,15-16H,6-7H2,1H3,(H,14,17)/t11-/m1/s1. The van der Waals surface area contributed by atoms with E-state index in [0.717, 1.165) is 18.5 Å². The van der Waals surface area contributed by atoms with Crippen LogP contribution in [-0.2, 0) is 17.8 Å². The van der Waals surface area contributed by atoms with Crippen molar-refractivity contribution in [3.63, 3.8) is 0 Å². The van der Waals surface area contributed by atoms with Gasteiger partial charge in [0.25, 0.3) is 0 Å². The normalized spacial score (nSPS) is 19.0. The van der Waals surface area contributed by atoms with E-state index < -0.39 is 0 Å². The van der Waals surface area contributed by atoms with E-state index in [2.05, 4.69) is 27.8 Å². The van der Waals surface area contributed by atoms with E-state index in [-0.39, 0.29) is 11.9 Å². The lowest BCUT2D eigenvalue weighted by atomic mass is 9.98. The summed E-state index contributed by atoms with van der Waals surface area (Å²) < 4.78 is 0. The Bertz CT molecular complexity index is 573. The summed E-state index contributed by atoms with van der Waals surface area (Å²) in [5.41, 5.74) is 3.62.